The quantitative estimate of drug-likeness (QED) is 0.330. The van der Waals surface area contributed by atoms with Gasteiger partial charge in [0.15, 0.2) is 0 Å². The Hall–Kier alpha value is -0.560. The average molecular weight is 294 g/mol. The SMILES string of the molecule is CC(C)=CCC/C(C)=C/CCC(C)NCCCCC(C)C. The molecule has 0 aliphatic rings. The van der Waals surface area contributed by atoms with Crippen LogP contribution in [0, 0.1) is 5.92 Å². The van der Waals surface area contributed by atoms with Crippen molar-refractivity contribution in [3.8, 4) is 0 Å². The molecular weight excluding hydrogens is 254 g/mol. The minimum atomic E-state index is 0.644. The topological polar surface area (TPSA) is 12.0 Å². The maximum absolute atomic E-state index is 3.65. The fraction of sp³-hybridized carbons (Fsp3) is 0.800. The second-order valence-corrected chi connectivity index (χ2v) is 7.19. The van der Waals surface area contributed by atoms with Gasteiger partial charge in [-0.3, -0.25) is 0 Å². The summed E-state index contributed by atoms with van der Waals surface area (Å²) >= 11 is 0. The molecule has 0 aliphatic carbocycles. The van der Waals surface area contributed by atoms with Gasteiger partial charge in [-0.05, 0) is 72.3 Å². The van der Waals surface area contributed by atoms with Crippen LogP contribution >= 0.6 is 0 Å². The van der Waals surface area contributed by atoms with Crippen LogP contribution in [-0.2, 0) is 0 Å². The average Bonchev–Trinajstić information content (AvgIpc) is 2.37. The zero-order valence-corrected chi connectivity index (χ0v) is 15.5. The Morgan fingerprint density at radius 1 is 0.905 bits per heavy atom. The molecule has 0 heterocycles. The number of unbranched alkanes of at least 4 members (excludes halogenated alkanes) is 1. The second-order valence-electron chi connectivity index (χ2n) is 7.19. The third-order valence-corrected chi connectivity index (χ3v) is 3.88. The minimum absolute atomic E-state index is 0.644. The fourth-order valence-electron chi connectivity index (χ4n) is 2.40. The molecule has 0 amide bonds. The lowest BCUT2D eigenvalue weighted by Gasteiger charge is -2.13. The molecule has 0 rings (SSSR count). The normalized spacial score (nSPS) is 13.6. The molecule has 0 aromatic heterocycles. The molecule has 0 fully saturated rings. The summed E-state index contributed by atoms with van der Waals surface area (Å²) in [5, 5.41) is 3.65. The molecule has 1 nitrogen and oxygen atoms in total. The summed E-state index contributed by atoms with van der Waals surface area (Å²) in [5.41, 5.74) is 2.97. The van der Waals surface area contributed by atoms with Crippen molar-refractivity contribution < 1.29 is 0 Å². The van der Waals surface area contributed by atoms with Gasteiger partial charge in [0, 0.05) is 6.04 Å². The summed E-state index contributed by atoms with van der Waals surface area (Å²) in [7, 11) is 0. The first-order chi connectivity index (χ1) is 9.91. The van der Waals surface area contributed by atoms with E-state index in [1.54, 1.807) is 0 Å². The first kappa shape index (κ1) is 20.4. The van der Waals surface area contributed by atoms with E-state index < -0.39 is 0 Å². The predicted molar refractivity (Wildman–Crippen MR) is 97.8 cm³/mol. The van der Waals surface area contributed by atoms with E-state index >= 15 is 0 Å². The Kier molecular flexibility index (Phi) is 12.8. The van der Waals surface area contributed by atoms with Crippen LogP contribution in [0.25, 0.3) is 0 Å². The van der Waals surface area contributed by atoms with Crippen LogP contribution in [0.5, 0.6) is 0 Å². The lowest BCUT2D eigenvalue weighted by atomic mass is 10.1. The summed E-state index contributed by atoms with van der Waals surface area (Å²) in [6.07, 6.45) is 13.7. The Morgan fingerprint density at radius 2 is 1.62 bits per heavy atom. The molecule has 1 N–H and O–H groups in total. The second kappa shape index (κ2) is 13.1. The molecule has 124 valence electrons. The summed E-state index contributed by atoms with van der Waals surface area (Å²) in [6.45, 7) is 14.7. The van der Waals surface area contributed by atoms with E-state index in [0.717, 1.165) is 5.92 Å². The molecule has 0 aromatic carbocycles. The standard InChI is InChI=1S/C20H39N/c1-17(2)11-7-8-16-21-20(6)15-10-14-19(5)13-9-12-18(3)4/h12,14,17,20-21H,7-11,13,15-16H2,1-6H3/b19-14+. The molecule has 21 heavy (non-hydrogen) atoms. The largest absolute Gasteiger partial charge is 0.314 e. The maximum atomic E-state index is 3.65. The van der Waals surface area contributed by atoms with Gasteiger partial charge in [-0.2, -0.15) is 0 Å². The van der Waals surface area contributed by atoms with Crippen molar-refractivity contribution in [1.29, 1.82) is 0 Å². The highest BCUT2D eigenvalue weighted by molar-refractivity contribution is 5.02. The number of hydrogen-bond donors (Lipinski definition) is 1. The first-order valence-corrected chi connectivity index (χ1v) is 8.94. The van der Waals surface area contributed by atoms with Crippen LogP contribution in [-0.4, -0.2) is 12.6 Å². The zero-order valence-electron chi connectivity index (χ0n) is 15.5. The number of nitrogens with one attached hydrogen (secondary N) is 1. The van der Waals surface area contributed by atoms with E-state index in [-0.39, 0.29) is 0 Å². The van der Waals surface area contributed by atoms with Crippen molar-refractivity contribution in [3.05, 3.63) is 23.3 Å². The molecule has 1 atom stereocenters. The lowest BCUT2D eigenvalue weighted by Crippen LogP contribution is -2.26. The van der Waals surface area contributed by atoms with Crippen molar-refractivity contribution in [1.82, 2.24) is 5.32 Å². The number of hydrogen-bond acceptors (Lipinski definition) is 1. The Balaban J connectivity index is 3.59. The molecule has 0 saturated carbocycles. The monoisotopic (exact) mass is 293 g/mol. The molecule has 0 bridgehead atoms. The number of allylic oxidation sites excluding steroid dienone is 4. The van der Waals surface area contributed by atoms with Crippen LogP contribution < -0.4 is 5.32 Å². The van der Waals surface area contributed by atoms with Crippen LogP contribution in [0.3, 0.4) is 0 Å². The lowest BCUT2D eigenvalue weighted by molar-refractivity contribution is 0.477. The first-order valence-electron chi connectivity index (χ1n) is 8.94. The van der Waals surface area contributed by atoms with Gasteiger partial charge in [-0.1, -0.05) is 50.0 Å². The maximum Gasteiger partial charge on any atom is 0.00416 e. The summed E-state index contributed by atoms with van der Waals surface area (Å²) in [4.78, 5) is 0. The summed E-state index contributed by atoms with van der Waals surface area (Å²) in [5.74, 6) is 0.849. The third-order valence-electron chi connectivity index (χ3n) is 3.88. The highest BCUT2D eigenvalue weighted by atomic mass is 14.9. The van der Waals surface area contributed by atoms with E-state index in [0.29, 0.717) is 6.04 Å². The molecule has 0 spiro atoms. The fourth-order valence-corrected chi connectivity index (χ4v) is 2.40. The van der Waals surface area contributed by atoms with Crippen molar-refractivity contribution in [3.63, 3.8) is 0 Å². The summed E-state index contributed by atoms with van der Waals surface area (Å²) < 4.78 is 0. The van der Waals surface area contributed by atoms with Gasteiger partial charge < -0.3 is 5.32 Å². The molecule has 0 aromatic rings. The van der Waals surface area contributed by atoms with E-state index in [2.05, 4.69) is 59.0 Å². The molecule has 0 saturated heterocycles. The Bertz CT molecular complexity index is 295. The van der Waals surface area contributed by atoms with Gasteiger partial charge in [0.2, 0.25) is 0 Å². The van der Waals surface area contributed by atoms with Gasteiger partial charge >= 0.3 is 0 Å². The van der Waals surface area contributed by atoms with Gasteiger partial charge in [0.05, 0.1) is 0 Å². The molecule has 0 radical (unpaired) electrons. The van der Waals surface area contributed by atoms with Crippen LogP contribution in [0.1, 0.15) is 86.5 Å². The van der Waals surface area contributed by atoms with Crippen molar-refractivity contribution >= 4 is 0 Å². The summed E-state index contributed by atoms with van der Waals surface area (Å²) in [6, 6.07) is 0.644. The van der Waals surface area contributed by atoms with E-state index in [4.69, 9.17) is 0 Å². The van der Waals surface area contributed by atoms with Gasteiger partial charge in [-0.25, -0.2) is 0 Å². The van der Waals surface area contributed by atoms with Crippen molar-refractivity contribution in [2.75, 3.05) is 6.54 Å². The van der Waals surface area contributed by atoms with Crippen LogP contribution in [0.4, 0.5) is 0 Å². The minimum Gasteiger partial charge on any atom is -0.314 e. The smallest absolute Gasteiger partial charge is 0.00416 e. The van der Waals surface area contributed by atoms with Gasteiger partial charge in [0.25, 0.3) is 0 Å². The van der Waals surface area contributed by atoms with Crippen LogP contribution in [0.15, 0.2) is 23.3 Å². The Labute approximate surface area is 134 Å². The molecule has 1 heteroatoms. The molecule has 1 unspecified atom stereocenters. The highest BCUT2D eigenvalue weighted by Crippen LogP contribution is 2.10. The Morgan fingerprint density at radius 3 is 2.24 bits per heavy atom. The molecule has 0 aliphatic heterocycles. The zero-order chi connectivity index (χ0) is 16.1. The van der Waals surface area contributed by atoms with Gasteiger partial charge in [-0.15, -0.1) is 0 Å². The van der Waals surface area contributed by atoms with Crippen molar-refractivity contribution in [2.45, 2.75) is 92.5 Å². The third kappa shape index (κ3) is 15.6. The van der Waals surface area contributed by atoms with Crippen molar-refractivity contribution in [2.24, 2.45) is 5.92 Å². The van der Waals surface area contributed by atoms with Gasteiger partial charge in [0.1, 0.15) is 0 Å². The van der Waals surface area contributed by atoms with E-state index in [1.807, 2.05) is 0 Å². The molecular formula is C20H39N. The predicted octanol–water partition coefficient (Wildman–Crippen LogP) is 6.26. The van der Waals surface area contributed by atoms with E-state index in [1.165, 1.54) is 62.6 Å². The number of rotatable bonds is 12. The highest BCUT2D eigenvalue weighted by Gasteiger charge is 2.00. The van der Waals surface area contributed by atoms with E-state index in [9.17, 15) is 0 Å². The van der Waals surface area contributed by atoms with Crippen LogP contribution in [0.2, 0.25) is 0 Å².